The molecule has 3 heterocycles. The van der Waals surface area contributed by atoms with E-state index in [1.54, 1.807) is 12.4 Å². The quantitative estimate of drug-likeness (QED) is 0.532. The minimum atomic E-state index is -1.37. The summed E-state index contributed by atoms with van der Waals surface area (Å²) in [6.45, 7) is 9.39. The summed E-state index contributed by atoms with van der Waals surface area (Å²) >= 11 is 0. The van der Waals surface area contributed by atoms with Crippen molar-refractivity contribution in [1.82, 2.24) is 15.3 Å². The van der Waals surface area contributed by atoms with Gasteiger partial charge in [0.2, 0.25) is 5.95 Å². The molecule has 28 heavy (non-hydrogen) atoms. The van der Waals surface area contributed by atoms with E-state index in [1.807, 2.05) is 27.7 Å². The lowest BCUT2D eigenvalue weighted by Crippen LogP contribution is -2.41. The number of amides is 1. The molecule has 10 heteroatoms. The number of nitrogens with one attached hydrogen (secondary N) is 1. The van der Waals surface area contributed by atoms with Crippen LogP contribution in [0.4, 0.5) is 5.95 Å². The summed E-state index contributed by atoms with van der Waals surface area (Å²) in [5.74, 6) is 0.315. The van der Waals surface area contributed by atoms with Crippen LogP contribution in [0.25, 0.3) is 0 Å². The van der Waals surface area contributed by atoms with Crippen LogP contribution in [0.15, 0.2) is 12.4 Å². The van der Waals surface area contributed by atoms with Gasteiger partial charge in [0, 0.05) is 37.5 Å². The van der Waals surface area contributed by atoms with Gasteiger partial charge in [-0.3, -0.25) is 4.79 Å². The lowest BCUT2D eigenvalue weighted by atomic mass is 9.81. The highest BCUT2D eigenvalue weighted by molar-refractivity contribution is 6.61. The second-order valence-corrected chi connectivity index (χ2v) is 8.45. The summed E-state index contributed by atoms with van der Waals surface area (Å²) in [5.41, 5.74) is -0.0394. The fraction of sp³-hybridized carbons (Fsp3) is 0.722. The Morgan fingerprint density at radius 1 is 1.32 bits per heavy atom. The highest BCUT2D eigenvalue weighted by Crippen LogP contribution is 2.36. The average molecular weight is 392 g/mol. The molecule has 1 aromatic heterocycles. The molecule has 2 saturated heterocycles. The first-order valence-electron chi connectivity index (χ1n) is 9.62. The monoisotopic (exact) mass is 392 g/mol. The van der Waals surface area contributed by atoms with Crippen LogP contribution in [0, 0.1) is 5.92 Å². The third kappa shape index (κ3) is 4.30. The number of carbonyl (C=O) groups is 1. The third-order valence-electron chi connectivity index (χ3n) is 5.79. The summed E-state index contributed by atoms with van der Waals surface area (Å²) in [7, 11) is -0.487. The van der Waals surface area contributed by atoms with Crippen molar-refractivity contribution in [2.45, 2.75) is 51.4 Å². The van der Waals surface area contributed by atoms with Crippen molar-refractivity contribution in [3.63, 3.8) is 0 Å². The van der Waals surface area contributed by atoms with Gasteiger partial charge in [-0.15, -0.1) is 0 Å². The fourth-order valence-electron chi connectivity index (χ4n) is 3.22. The van der Waals surface area contributed by atoms with E-state index < -0.39 is 36.9 Å². The topological polar surface area (TPSA) is 117 Å². The first-order chi connectivity index (χ1) is 13.1. The average Bonchev–Trinajstić information content (AvgIpc) is 3.21. The van der Waals surface area contributed by atoms with Crippen molar-refractivity contribution in [3.8, 4) is 0 Å². The van der Waals surface area contributed by atoms with Crippen molar-refractivity contribution in [1.29, 1.82) is 0 Å². The van der Waals surface area contributed by atoms with E-state index in [0.29, 0.717) is 19.0 Å². The Bertz CT molecular complexity index is 684. The maximum absolute atomic E-state index is 11.6. The molecule has 2 aliphatic rings. The van der Waals surface area contributed by atoms with Gasteiger partial charge in [0.05, 0.1) is 17.8 Å². The molecule has 154 valence electrons. The molecule has 1 aromatic rings. The number of anilines is 1. The summed E-state index contributed by atoms with van der Waals surface area (Å²) in [6, 6.07) is 0. The molecule has 0 bridgehead atoms. The SMILES string of the molecule is CC1(C)OB(c2cnc(N3CCC(CNC(=O)C(O)CO)C3)nc2)OC1(C)C. The van der Waals surface area contributed by atoms with Gasteiger partial charge in [-0.1, -0.05) is 0 Å². The Labute approximate surface area is 165 Å². The number of aliphatic hydroxyl groups is 2. The van der Waals surface area contributed by atoms with E-state index in [4.69, 9.17) is 14.4 Å². The molecule has 0 spiro atoms. The molecule has 2 unspecified atom stereocenters. The largest absolute Gasteiger partial charge is 0.498 e. The van der Waals surface area contributed by atoms with Crippen LogP contribution in [0.3, 0.4) is 0 Å². The van der Waals surface area contributed by atoms with E-state index >= 15 is 0 Å². The summed E-state index contributed by atoms with van der Waals surface area (Å²) < 4.78 is 12.0. The van der Waals surface area contributed by atoms with Crippen LogP contribution in [-0.2, 0) is 14.1 Å². The van der Waals surface area contributed by atoms with Crippen molar-refractivity contribution >= 4 is 24.4 Å². The van der Waals surface area contributed by atoms with Crippen LogP contribution in [-0.4, -0.2) is 76.8 Å². The maximum atomic E-state index is 11.6. The van der Waals surface area contributed by atoms with Gasteiger partial charge in [0.1, 0.15) is 0 Å². The molecule has 1 amide bonds. The van der Waals surface area contributed by atoms with Crippen LogP contribution in [0.5, 0.6) is 0 Å². The Morgan fingerprint density at radius 3 is 2.50 bits per heavy atom. The van der Waals surface area contributed by atoms with Crippen molar-refractivity contribution in [2.24, 2.45) is 5.92 Å². The zero-order valence-corrected chi connectivity index (χ0v) is 16.9. The van der Waals surface area contributed by atoms with Crippen LogP contribution < -0.4 is 15.7 Å². The van der Waals surface area contributed by atoms with Gasteiger partial charge in [0.15, 0.2) is 6.10 Å². The lowest BCUT2D eigenvalue weighted by molar-refractivity contribution is -0.131. The summed E-state index contributed by atoms with van der Waals surface area (Å²) in [4.78, 5) is 22.5. The maximum Gasteiger partial charge on any atom is 0.498 e. The number of carbonyl (C=O) groups excluding carboxylic acids is 1. The Morgan fingerprint density at radius 2 is 1.93 bits per heavy atom. The van der Waals surface area contributed by atoms with Crippen molar-refractivity contribution < 1.29 is 24.3 Å². The molecule has 0 saturated carbocycles. The van der Waals surface area contributed by atoms with Gasteiger partial charge in [-0.25, -0.2) is 9.97 Å². The minimum Gasteiger partial charge on any atom is -0.399 e. The molecule has 2 atom stereocenters. The normalized spacial score (nSPS) is 24.4. The molecule has 0 aromatic carbocycles. The second kappa shape index (κ2) is 7.94. The molecular weight excluding hydrogens is 363 g/mol. The van der Waals surface area contributed by atoms with E-state index in [2.05, 4.69) is 20.2 Å². The van der Waals surface area contributed by atoms with E-state index in [-0.39, 0.29) is 5.92 Å². The number of aromatic nitrogens is 2. The molecule has 9 nitrogen and oxygen atoms in total. The van der Waals surface area contributed by atoms with Gasteiger partial charge in [-0.05, 0) is 40.0 Å². The van der Waals surface area contributed by atoms with Crippen molar-refractivity contribution in [3.05, 3.63) is 12.4 Å². The lowest BCUT2D eigenvalue weighted by Gasteiger charge is -2.32. The Kier molecular flexibility index (Phi) is 5.95. The molecule has 3 rings (SSSR count). The number of aliphatic hydroxyl groups excluding tert-OH is 2. The van der Waals surface area contributed by atoms with E-state index in [1.165, 1.54) is 0 Å². The molecule has 2 aliphatic heterocycles. The Hall–Kier alpha value is -1.75. The van der Waals surface area contributed by atoms with Crippen molar-refractivity contribution in [2.75, 3.05) is 31.1 Å². The molecule has 0 aliphatic carbocycles. The van der Waals surface area contributed by atoms with Crippen LogP contribution in [0.2, 0.25) is 0 Å². The summed E-state index contributed by atoms with van der Waals surface area (Å²) in [5, 5.41) is 20.8. The first-order valence-corrected chi connectivity index (χ1v) is 9.62. The molecule has 3 N–H and O–H groups in total. The minimum absolute atomic E-state index is 0.237. The van der Waals surface area contributed by atoms with Crippen LogP contribution >= 0.6 is 0 Å². The van der Waals surface area contributed by atoms with Gasteiger partial charge < -0.3 is 29.7 Å². The molecular formula is C18H29BN4O5. The summed E-state index contributed by atoms with van der Waals surface area (Å²) in [6.07, 6.45) is 2.98. The molecule has 2 fully saturated rings. The fourth-order valence-corrected chi connectivity index (χ4v) is 3.22. The molecule has 0 radical (unpaired) electrons. The smallest absolute Gasteiger partial charge is 0.399 e. The standard InChI is InChI=1S/C18H29BN4O5/c1-17(2)18(3,4)28-19(27-17)13-8-21-16(22-9-13)23-6-5-12(10-23)7-20-15(26)14(25)11-24/h8-9,12,14,24-25H,5-7,10-11H2,1-4H3,(H,20,26). The second-order valence-electron chi connectivity index (χ2n) is 8.45. The number of hydrogen-bond acceptors (Lipinski definition) is 8. The Balaban J connectivity index is 1.54. The van der Waals surface area contributed by atoms with Gasteiger partial charge >= 0.3 is 7.12 Å². The predicted molar refractivity (Wildman–Crippen MR) is 104 cm³/mol. The van der Waals surface area contributed by atoms with Gasteiger partial charge in [-0.2, -0.15) is 0 Å². The highest BCUT2D eigenvalue weighted by atomic mass is 16.7. The highest BCUT2D eigenvalue weighted by Gasteiger charge is 2.52. The number of hydrogen-bond donors (Lipinski definition) is 3. The first kappa shape index (κ1) is 21.0. The number of rotatable bonds is 6. The van der Waals surface area contributed by atoms with E-state index in [9.17, 15) is 9.90 Å². The van der Waals surface area contributed by atoms with E-state index in [0.717, 1.165) is 18.4 Å². The number of nitrogens with zero attached hydrogens (tertiary/aromatic N) is 3. The van der Waals surface area contributed by atoms with Crippen LogP contribution in [0.1, 0.15) is 34.1 Å². The zero-order chi connectivity index (χ0) is 20.5. The predicted octanol–water partition coefficient (Wildman–Crippen LogP) is -0.928. The van der Waals surface area contributed by atoms with Gasteiger partial charge in [0.25, 0.3) is 5.91 Å². The third-order valence-corrected chi connectivity index (χ3v) is 5.79. The zero-order valence-electron chi connectivity index (χ0n) is 16.9.